The van der Waals surface area contributed by atoms with Crippen molar-refractivity contribution in [2.75, 3.05) is 0 Å². The third-order valence-corrected chi connectivity index (χ3v) is 12.9. The van der Waals surface area contributed by atoms with Gasteiger partial charge in [0.05, 0.1) is 44.6 Å². The summed E-state index contributed by atoms with van der Waals surface area (Å²) >= 11 is 0. The first-order valence-corrected chi connectivity index (χ1v) is 21.7. The lowest BCUT2D eigenvalue weighted by atomic mass is 9.86. The fraction of sp³-hybridized carbons (Fsp3) is 0.0667. The fourth-order valence-corrected chi connectivity index (χ4v) is 9.77. The monoisotopic (exact) mass is 818 g/mol. The van der Waals surface area contributed by atoms with Crippen molar-refractivity contribution in [3.05, 3.63) is 215 Å². The zero-order valence-corrected chi connectivity index (χ0v) is 36.1. The molecule has 4 heteroatoms. The summed E-state index contributed by atoms with van der Waals surface area (Å²) in [6.07, 6.45) is 0. The third kappa shape index (κ3) is 6.11. The maximum absolute atomic E-state index is 11.7. The summed E-state index contributed by atoms with van der Waals surface area (Å²) in [6.45, 7) is 8.48. The van der Waals surface area contributed by atoms with Crippen LogP contribution in [0, 0.1) is 50.4 Å². The highest BCUT2D eigenvalue weighted by molar-refractivity contribution is 6.15. The van der Waals surface area contributed by atoms with E-state index in [-0.39, 0.29) is 0 Å². The highest BCUT2D eigenvalue weighted by atomic mass is 15.0. The van der Waals surface area contributed by atoms with Crippen LogP contribution in [0.3, 0.4) is 0 Å². The first-order valence-electron chi connectivity index (χ1n) is 21.7. The molecule has 4 nitrogen and oxygen atoms in total. The van der Waals surface area contributed by atoms with Crippen LogP contribution in [0.2, 0.25) is 0 Å². The number of aryl methyl sites for hydroxylation is 4. The molecule has 2 aromatic heterocycles. The molecule has 0 saturated heterocycles. The number of benzene rings is 9. The Kier molecular flexibility index (Phi) is 9.12. The van der Waals surface area contributed by atoms with Gasteiger partial charge in [0.25, 0.3) is 0 Å². The van der Waals surface area contributed by atoms with Gasteiger partial charge in [-0.25, -0.2) is 0 Å². The SMILES string of the molecule is Cc1ccc(-c2ccc3c(c2)c2cc(C)ccc2n3-c2c(C#N)c(-c3ccccc3)c(C#N)c(-n3c4ccc(C)cc4c4cc(-c5ccc(C)cc5)ccc43)c2-c2ccccc2)cc1. The zero-order chi connectivity index (χ0) is 43.6. The average Bonchev–Trinajstić information content (AvgIpc) is 3.82. The highest BCUT2D eigenvalue weighted by Crippen LogP contribution is 2.49. The molecule has 11 aromatic rings. The zero-order valence-electron chi connectivity index (χ0n) is 36.1. The van der Waals surface area contributed by atoms with E-state index in [0.717, 1.165) is 105 Å². The second kappa shape index (κ2) is 15.2. The van der Waals surface area contributed by atoms with Crippen LogP contribution in [0.1, 0.15) is 33.4 Å². The van der Waals surface area contributed by atoms with Gasteiger partial charge in [-0.15, -0.1) is 0 Å². The lowest BCUT2D eigenvalue weighted by molar-refractivity contribution is 1.12. The fourth-order valence-electron chi connectivity index (χ4n) is 9.77. The summed E-state index contributed by atoms with van der Waals surface area (Å²) in [6, 6.07) is 69.6. The Balaban J connectivity index is 1.35. The lowest BCUT2D eigenvalue weighted by Crippen LogP contribution is -2.11. The number of rotatable bonds is 6. The lowest BCUT2D eigenvalue weighted by Gasteiger charge is -2.25. The van der Waals surface area contributed by atoms with Crippen molar-refractivity contribution >= 4 is 43.6 Å². The quantitative estimate of drug-likeness (QED) is 0.168. The summed E-state index contributed by atoms with van der Waals surface area (Å²) in [5.41, 5.74) is 18.6. The molecule has 0 amide bonds. The van der Waals surface area contributed by atoms with Crippen molar-refractivity contribution in [2.24, 2.45) is 0 Å². The molecule has 0 radical (unpaired) electrons. The van der Waals surface area contributed by atoms with Gasteiger partial charge in [-0.2, -0.15) is 10.5 Å². The van der Waals surface area contributed by atoms with E-state index in [2.05, 4.69) is 182 Å². The van der Waals surface area contributed by atoms with Crippen LogP contribution in [0.15, 0.2) is 182 Å². The smallest absolute Gasteiger partial charge is 0.102 e. The molecule has 0 spiro atoms. The minimum absolute atomic E-state index is 0.436. The van der Waals surface area contributed by atoms with Crippen LogP contribution in [0.4, 0.5) is 0 Å². The van der Waals surface area contributed by atoms with Gasteiger partial charge in [0.1, 0.15) is 12.1 Å². The molecule has 0 fully saturated rings. The molecule has 0 saturated carbocycles. The topological polar surface area (TPSA) is 57.4 Å². The summed E-state index contributed by atoms with van der Waals surface area (Å²) in [5, 5.41) is 27.8. The second-order valence-corrected chi connectivity index (χ2v) is 17.1. The normalized spacial score (nSPS) is 11.4. The summed E-state index contributed by atoms with van der Waals surface area (Å²) < 4.78 is 4.57. The Hall–Kier alpha value is -8.44. The Morgan fingerprint density at radius 3 is 1.03 bits per heavy atom. The Labute approximate surface area is 372 Å². The molecular formula is C60H42N4. The second-order valence-electron chi connectivity index (χ2n) is 17.1. The van der Waals surface area contributed by atoms with Crippen LogP contribution in [0.25, 0.3) is 99.5 Å². The largest absolute Gasteiger partial charge is 0.307 e. The summed E-state index contributed by atoms with van der Waals surface area (Å²) in [7, 11) is 0. The Morgan fingerprint density at radius 1 is 0.312 bits per heavy atom. The molecule has 64 heavy (non-hydrogen) atoms. The van der Waals surface area contributed by atoms with Gasteiger partial charge >= 0.3 is 0 Å². The first-order chi connectivity index (χ1) is 31.3. The van der Waals surface area contributed by atoms with E-state index < -0.39 is 0 Å². The average molecular weight is 819 g/mol. The van der Waals surface area contributed by atoms with E-state index in [1.165, 1.54) is 11.1 Å². The predicted octanol–water partition coefficient (Wildman–Crippen LogP) is 15.5. The molecule has 0 aliphatic rings. The molecule has 0 bridgehead atoms. The van der Waals surface area contributed by atoms with Gasteiger partial charge in [-0.3, -0.25) is 0 Å². The molecule has 302 valence electrons. The van der Waals surface area contributed by atoms with Crippen molar-refractivity contribution in [3.63, 3.8) is 0 Å². The maximum atomic E-state index is 11.7. The van der Waals surface area contributed by atoms with Crippen molar-refractivity contribution < 1.29 is 0 Å². The Morgan fingerprint density at radius 2 is 0.641 bits per heavy atom. The predicted molar refractivity (Wildman–Crippen MR) is 265 cm³/mol. The van der Waals surface area contributed by atoms with Gasteiger partial charge in [0.2, 0.25) is 0 Å². The van der Waals surface area contributed by atoms with Gasteiger partial charge in [0, 0.05) is 32.7 Å². The van der Waals surface area contributed by atoms with Crippen molar-refractivity contribution in [1.29, 1.82) is 10.5 Å². The van der Waals surface area contributed by atoms with Gasteiger partial charge in [0.15, 0.2) is 0 Å². The van der Waals surface area contributed by atoms with Gasteiger partial charge in [-0.1, -0.05) is 156 Å². The number of hydrogen-bond donors (Lipinski definition) is 0. The van der Waals surface area contributed by atoms with Gasteiger partial charge in [-0.05, 0) is 110 Å². The van der Waals surface area contributed by atoms with E-state index in [9.17, 15) is 10.5 Å². The molecule has 0 aliphatic heterocycles. The van der Waals surface area contributed by atoms with E-state index in [0.29, 0.717) is 16.7 Å². The van der Waals surface area contributed by atoms with E-state index in [1.807, 2.05) is 48.5 Å². The van der Waals surface area contributed by atoms with Crippen molar-refractivity contribution in [3.8, 4) is 68.0 Å². The first kappa shape index (κ1) is 38.5. The number of hydrogen-bond acceptors (Lipinski definition) is 2. The minimum atomic E-state index is 0.436. The number of nitrogens with zero attached hydrogens (tertiary/aromatic N) is 4. The molecule has 2 heterocycles. The van der Waals surface area contributed by atoms with Crippen LogP contribution < -0.4 is 0 Å². The molecule has 0 atom stereocenters. The van der Waals surface area contributed by atoms with Crippen LogP contribution in [0.5, 0.6) is 0 Å². The van der Waals surface area contributed by atoms with E-state index >= 15 is 0 Å². The van der Waals surface area contributed by atoms with Crippen LogP contribution in [-0.2, 0) is 0 Å². The summed E-state index contributed by atoms with van der Waals surface area (Å²) in [4.78, 5) is 0. The number of nitriles is 2. The molecular weight excluding hydrogens is 777 g/mol. The standard InChI is InChI=1S/C60H42N4/c1-37-15-21-41(22-16-37)45-25-29-55-49(33-45)47-31-39(3)19-27-53(47)63(55)59-51(35-61)57(43-11-7-5-8-12-43)52(36-62)60(58(59)44-13-9-6-10-14-44)64-54-28-20-40(4)32-48(54)50-34-46(26-30-56(50)64)42-23-17-38(2)18-24-42/h5-34H,1-4H3. The van der Waals surface area contributed by atoms with E-state index in [1.54, 1.807) is 0 Å². The highest BCUT2D eigenvalue weighted by Gasteiger charge is 2.31. The van der Waals surface area contributed by atoms with Crippen LogP contribution >= 0.6 is 0 Å². The molecule has 0 aliphatic carbocycles. The Bertz CT molecular complexity index is 3530. The molecule has 9 aromatic carbocycles. The maximum Gasteiger partial charge on any atom is 0.102 e. The van der Waals surface area contributed by atoms with Crippen molar-refractivity contribution in [2.45, 2.75) is 27.7 Å². The molecule has 0 unspecified atom stereocenters. The van der Waals surface area contributed by atoms with Crippen LogP contribution in [-0.4, -0.2) is 9.13 Å². The van der Waals surface area contributed by atoms with Crippen molar-refractivity contribution in [1.82, 2.24) is 9.13 Å². The van der Waals surface area contributed by atoms with Gasteiger partial charge < -0.3 is 9.13 Å². The number of aromatic nitrogens is 2. The minimum Gasteiger partial charge on any atom is -0.307 e. The van der Waals surface area contributed by atoms with E-state index in [4.69, 9.17) is 0 Å². The third-order valence-electron chi connectivity index (χ3n) is 12.9. The summed E-state index contributed by atoms with van der Waals surface area (Å²) in [5.74, 6) is 0. The molecule has 11 rings (SSSR count). The molecule has 0 N–H and O–H groups in total. The number of fused-ring (bicyclic) bond motifs is 6.